The predicted octanol–water partition coefficient (Wildman–Crippen LogP) is 3.09. The van der Waals surface area contributed by atoms with Crippen LogP contribution < -0.4 is 5.73 Å². The van der Waals surface area contributed by atoms with E-state index in [1.807, 2.05) is 24.3 Å². The smallest absolute Gasteiger partial charge is 0.241 e. The quantitative estimate of drug-likeness (QED) is 0.825. The summed E-state index contributed by atoms with van der Waals surface area (Å²) in [5.41, 5.74) is 6.81. The van der Waals surface area contributed by atoms with E-state index in [4.69, 9.17) is 10.3 Å². The third kappa shape index (κ3) is 4.07. The lowest BCUT2D eigenvalue weighted by Crippen LogP contribution is -2.39. The number of likely N-dealkylation sites (N-methyl/N-ethyl adjacent to an activating group) is 1. The number of nitrogens with two attached hydrogens (primary N) is 1. The van der Waals surface area contributed by atoms with Crippen molar-refractivity contribution in [2.24, 2.45) is 11.7 Å². The first kappa shape index (κ1) is 17.4. The molecule has 1 aliphatic rings. The van der Waals surface area contributed by atoms with Gasteiger partial charge in [-0.3, -0.25) is 4.90 Å². The summed E-state index contributed by atoms with van der Waals surface area (Å²) in [4.78, 5) is 6.70. The minimum Gasteiger partial charge on any atom is -0.338 e. The predicted molar refractivity (Wildman–Crippen MR) is 91.7 cm³/mol. The van der Waals surface area contributed by atoms with Crippen molar-refractivity contribution in [1.82, 2.24) is 15.0 Å². The first-order valence-corrected chi connectivity index (χ1v) is 7.95. The second-order valence-electron chi connectivity index (χ2n) is 5.58. The van der Waals surface area contributed by atoms with Crippen molar-refractivity contribution in [3.8, 4) is 11.4 Å². The molecule has 0 bridgehead atoms. The molecule has 1 saturated carbocycles. The molecule has 3 rings (SSSR count). The van der Waals surface area contributed by atoms with Gasteiger partial charge in [-0.2, -0.15) is 4.98 Å². The van der Waals surface area contributed by atoms with Crippen molar-refractivity contribution in [2.45, 2.75) is 25.4 Å². The molecule has 1 aromatic carbocycles. The Balaban J connectivity index is 0.00000176. The molecule has 0 saturated heterocycles. The van der Waals surface area contributed by atoms with Gasteiger partial charge in [0.2, 0.25) is 11.7 Å². The maximum Gasteiger partial charge on any atom is 0.241 e. The molecule has 5 nitrogen and oxygen atoms in total. The number of benzene rings is 1. The van der Waals surface area contributed by atoms with Crippen LogP contribution in [-0.4, -0.2) is 34.7 Å². The standard InChI is InChI=1S/C15H19BrN4O.ClH/c1-20(13(8-17)10-5-6-10)9-14-18-15(19-21-14)11-3-2-4-12(16)7-11;/h2-4,7,10,13H,5-6,8-9,17H2,1H3;1H. The largest absolute Gasteiger partial charge is 0.338 e. The fourth-order valence-corrected chi connectivity index (χ4v) is 3.01. The van der Waals surface area contributed by atoms with Gasteiger partial charge in [-0.05, 0) is 37.9 Å². The van der Waals surface area contributed by atoms with Gasteiger partial charge in [0.1, 0.15) is 0 Å². The maximum atomic E-state index is 5.87. The third-order valence-electron chi connectivity index (χ3n) is 3.91. The first-order chi connectivity index (χ1) is 10.2. The van der Waals surface area contributed by atoms with E-state index >= 15 is 0 Å². The molecule has 0 aliphatic heterocycles. The lowest BCUT2D eigenvalue weighted by Gasteiger charge is -2.25. The zero-order valence-corrected chi connectivity index (χ0v) is 14.8. The molecular formula is C15H20BrClN4O. The number of rotatable bonds is 6. The van der Waals surface area contributed by atoms with Crippen LogP contribution in [0.1, 0.15) is 18.7 Å². The minimum atomic E-state index is 0. The second kappa shape index (κ2) is 7.55. The number of halogens is 2. The van der Waals surface area contributed by atoms with Crippen LogP contribution >= 0.6 is 28.3 Å². The summed E-state index contributed by atoms with van der Waals surface area (Å²) >= 11 is 3.45. The van der Waals surface area contributed by atoms with Gasteiger partial charge in [0.15, 0.2) is 0 Å². The molecule has 2 N–H and O–H groups in total. The van der Waals surface area contributed by atoms with E-state index in [2.05, 4.69) is 38.0 Å². The van der Waals surface area contributed by atoms with Crippen molar-refractivity contribution in [3.05, 3.63) is 34.6 Å². The highest BCUT2D eigenvalue weighted by molar-refractivity contribution is 9.10. The van der Waals surface area contributed by atoms with Crippen molar-refractivity contribution in [2.75, 3.05) is 13.6 Å². The van der Waals surface area contributed by atoms with Gasteiger partial charge in [0.05, 0.1) is 6.54 Å². The fourth-order valence-electron chi connectivity index (χ4n) is 2.61. The molecule has 120 valence electrons. The van der Waals surface area contributed by atoms with Crippen molar-refractivity contribution >= 4 is 28.3 Å². The Bertz CT molecular complexity index is 617. The monoisotopic (exact) mass is 386 g/mol. The van der Waals surface area contributed by atoms with E-state index in [1.165, 1.54) is 12.8 Å². The number of aromatic nitrogens is 2. The average Bonchev–Trinajstić information content (AvgIpc) is 3.18. The van der Waals surface area contributed by atoms with Crippen molar-refractivity contribution in [3.63, 3.8) is 0 Å². The molecule has 7 heteroatoms. The third-order valence-corrected chi connectivity index (χ3v) is 4.40. The van der Waals surface area contributed by atoms with Crippen LogP contribution in [-0.2, 0) is 6.54 Å². The molecule has 0 amide bonds. The molecule has 0 spiro atoms. The Morgan fingerprint density at radius 1 is 1.45 bits per heavy atom. The van der Waals surface area contributed by atoms with Crippen LogP contribution in [0.4, 0.5) is 0 Å². The number of hydrogen-bond acceptors (Lipinski definition) is 5. The Morgan fingerprint density at radius 3 is 2.86 bits per heavy atom. The molecule has 1 atom stereocenters. The molecule has 1 aliphatic carbocycles. The van der Waals surface area contributed by atoms with Gasteiger partial charge in [-0.1, -0.05) is 33.2 Å². The Hall–Kier alpha value is -0.950. The molecule has 1 unspecified atom stereocenters. The topological polar surface area (TPSA) is 68.2 Å². The highest BCUT2D eigenvalue weighted by Gasteiger charge is 2.33. The number of nitrogens with zero attached hydrogens (tertiary/aromatic N) is 3. The Kier molecular flexibility index (Phi) is 5.97. The van der Waals surface area contributed by atoms with Crippen molar-refractivity contribution in [1.29, 1.82) is 0 Å². The number of hydrogen-bond donors (Lipinski definition) is 1. The van der Waals surface area contributed by atoms with Crippen LogP contribution in [0.2, 0.25) is 0 Å². The zero-order chi connectivity index (χ0) is 14.8. The molecule has 22 heavy (non-hydrogen) atoms. The Morgan fingerprint density at radius 2 is 2.23 bits per heavy atom. The summed E-state index contributed by atoms with van der Waals surface area (Å²) in [6.45, 7) is 1.31. The summed E-state index contributed by atoms with van der Waals surface area (Å²) in [6, 6.07) is 8.28. The summed E-state index contributed by atoms with van der Waals surface area (Å²) in [7, 11) is 2.07. The van der Waals surface area contributed by atoms with E-state index in [0.717, 1.165) is 16.0 Å². The van der Waals surface area contributed by atoms with E-state index < -0.39 is 0 Å². The van der Waals surface area contributed by atoms with Gasteiger partial charge in [0.25, 0.3) is 0 Å². The molecule has 1 fully saturated rings. The van der Waals surface area contributed by atoms with E-state index in [9.17, 15) is 0 Å². The minimum absolute atomic E-state index is 0. The van der Waals surface area contributed by atoms with E-state index in [1.54, 1.807) is 0 Å². The highest BCUT2D eigenvalue weighted by atomic mass is 79.9. The van der Waals surface area contributed by atoms with Crippen molar-refractivity contribution < 1.29 is 4.52 Å². The summed E-state index contributed by atoms with van der Waals surface area (Å²) in [5.74, 6) is 1.98. The maximum absolute atomic E-state index is 5.87. The lowest BCUT2D eigenvalue weighted by molar-refractivity contribution is 0.189. The average molecular weight is 388 g/mol. The van der Waals surface area contributed by atoms with Gasteiger partial charge >= 0.3 is 0 Å². The van der Waals surface area contributed by atoms with E-state index in [0.29, 0.717) is 30.8 Å². The van der Waals surface area contributed by atoms with E-state index in [-0.39, 0.29) is 12.4 Å². The van der Waals surface area contributed by atoms with Gasteiger partial charge in [-0.25, -0.2) is 0 Å². The summed E-state index contributed by atoms with van der Waals surface area (Å²) in [5, 5.41) is 4.06. The molecule has 1 heterocycles. The van der Waals surface area contributed by atoms with Crippen LogP contribution in [0.5, 0.6) is 0 Å². The SMILES string of the molecule is CN(Cc1nc(-c2cccc(Br)c2)no1)C(CN)C1CC1.Cl. The summed E-state index contributed by atoms with van der Waals surface area (Å²) in [6.07, 6.45) is 2.55. The Labute approximate surface area is 144 Å². The van der Waals surface area contributed by atoms with Crippen LogP contribution in [0.25, 0.3) is 11.4 Å². The van der Waals surface area contributed by atoms with Gasteiger partial charge < -0.3 is 10.3 Å². The lowest BCUT2D eigenvalue weighted by atomic mass is 10.1. The zero-order valence-electron chi connectivity index (χ0n) is 12.4. The normalized spacial score (nSPS) is 15.6. The van der Waals surface area contributed by atoms with Crippen LogP contribution in [0, 0.1) is 5.92 Å². The molecule has 1 aromatic heterocycles. The van der Waals surface area contributed by atoms with Gasteiger partial charge in [0, 0.05) is 22.6 Å². The van der Waals surface area contributed by atoms with Gasteiger partial charge in [-0.15, -0.1) is 12.4 Å². The molecule has 2 aromatic rings. The fraction of sp³-hybridized carbons (Fsp3) is 0.467. The molecule has 0 radical (unpaired) electrons. The van der Waals surface area contributed by atoms with Crippen LogP contribution in [0.3, 0.4) is 0 Å². The highest BCUT2D eigenvalue weighted by Crippen LogP contribution is 2.34. The first-order valence-electron chi connectivity index (χ1n) is 7.16. The molecular weight excluding hydrogens is 368 g/mol. The summed E-state index contributed by atoms with van der Waals surface area (Å²) < 4.78 is 6.37. The second-order valence-corrected chi connectivity index (χ2v) is 6.49. The van der Waals surface area contributed by atoms with Crippen LogP contribution in [0.15, 0.2) is 33.3 Å².